The van der Waals surface area contributed by atoms with Gasteiger partial charge in [0.1, 0.15) is 6.42 Å². The lowest BCUT2D eigenvalue weighted by atomic mass is 10.2. The molecule has 1 aromatic heterocycles. The predicted octanol–water partition coefficient (Wildman–Crippen LogP) is 3.07. The smallest absolute Gasteiger partial charge is 0.233 e. The first-order valence-electron chi connectivity index (χ1n) is 7.65. The maximum atomic E-state index is 12.1. The van der Waals surface area contributed by atoms with Gasteiger partial charge in [-0.25, -0.2) is 0 Å². The van der Waals surface area contributed by atoms with Gasteiger partial charge in [-0.1, -0.05) is 17.7 Å². The topological polar surface area (TPSA) is 62.3 Å². The highest BCUT2D eigenvalue weighted by atomic mass is 35.5. The minimum Gasteiger partial charge on any atom is -0.345 e. The lowest BCUT2D eigenvalue weighted by Gasteiger charge is -2.17. The first kappa shape index (κ1) is 17.9. The molecule has 0 spiro atoms. The number of nitrogens with one attached hydrogen (secondary N) is 1. The maximum absolute atomic E-state index is 12.1. The van der Waals surface area contributed by atoms with Gasteiger partial charge in [-0.15, -0.1) is 0 Å². The number of nitrogens with zero attached hydrogens (tertiary/aromatic N) is 2. The Hall–Kier alpha value is -2.40. The molecule has 2 aromatic rings. The number of hydrogen-bond donors (Lipinski definition) is 1. The van der Waals surface area contributed by atoms with Crippen molar-refractivity contribution in [3.8, 4) is 0 Å². The summed E-state index contributed by atoms with van der Waals surface area (Å²) in [5.41, 5.74) is 2.51. The SMILES string of the molecule is Cc1c(Cl)cccc1NC(=O)CC(=O)N(C)CCc1ccncc1. The second kappa shape index (κ2) is 8.45. The van der Waals surface area contributed by atoms with Crippen LogP contribution in [0.25, 0.3) is 0 Å². The molecule has 24 heavy (non-hydrogen) atoms. The molecule has 0 atom stereocenters. The summed E-state index contributed by atoms with van der Waals surface area (Å²) in [4.78, 5) is 29.7. The van der Waals surface area contributed by atoms with Gasteiger partial charge in [0, 0.05) is 36.7 Å². The molecule has 0 unspecified atom stereocenters. The number of amides is 2. The highest BCUT2D eigenvalue weighted by Crippen LogP contribution is 2.23. The van der Waals surface area contributed by atoms with Crippen molar-refractivity contribution in [3.05, 3.63) is 58.9 Å². The lowest BCUT2D eigenvalue weighted by molar-refractivity contribution is -0.133. The predicted molar refractivity (Wildman–Crippen MR) is 95.0 cm³/mol. The minimum absolute atomic E-state index is 0.196. The number of aromatic nitrogens is 1. The van der Waals surface area contributed by atoms with E-state index in [2.05, 4.69) is 10.3 Å². The number of halogens is 1. The zero-order valence-electron chi connectivity index (χ0n) is 13.8. The lowest BCUT2D eigenvalue weighted by Crippen LogP contribution is -2.32. The Morgan fingerprint density at radius 1 is 1.21 bits per heavy atom. The number of likely N-dealkylation sites (N-methyl/N-ethyl adjacent to an activating group) is 1. The molecule has 0 aliphatic rings. The molecule has 126 valence electrons. The third-order valence-corrected chi connectivity index (χ3v) is 4.17. The standard InChI is InChI=1S/C18H20ClN3O2/c1-13-15(19)4-3-5-16(13)21-17(23)12-18(24)22(2)11-8-14-6-9-20-10-7-14/h3-7,9-10H,8,11-12H2,1-2H3,(H,21,23). The van der Waals surface area contributed by atoms with Crippen molar-refractivity contribution in [1.29, 1.82) is 0 Å². The summed E-state index contributed by atoms with van der Waals surface area (Å²) >= 11 is 6.02. The third-order valence-electron chi connectivity index (χ3n) is 3.76. The molecule has 0 bridgehead atoms. The van der Waals surface area contributed by atoms with E-state index in [1.165, 1.54) is 0 Å². The van der Waals surface area contributed by atoms with Crippen molar-refractivity contribution < 1.29 is 9.59 Å². The molecule has 2 rings (SSSR count). The number of hydrogen-bond acceptors (Lipinski definition) is 3. The van der Waals surface area contributed by atoms with E-state index in [0.29, 0.717) is 17.3 Å². The molecular weight excluding hydrogens is 326 g/mol. The van der Waals surface area contributed by atoms with E-state index in [4.69, 9.17) is 11.6 Å². The summed E-state index contributed by atoms with van der Waals surface area (Å²) in [6.07, 6.45) is 3.97. The fourth-order valence-corrected chi connectivity index (χ4v) is 2.36. The Bertz CT molecular complexity index is 719. The molecule has 0 aliphatic carbocycles. The first-order chi connectivity index (χ1) is 11.5. The van der Waals surface area contributed by atoms with Gasteiger partial charge >= 0.3 is 0 Å². The normalized spacial score (nSPS) is 10.3. The Morgan fingerprint density at radius 3 is 2.62 bits per heavy atom. The number of benzene rings is 1. The number of rotatable bonds is 6. The van der Waals surface area contributed by atoms with Crippen molar-refractivity contribution in [1.82, 2.24) is 9.88 Å². The molecule has 0 radical (unpaired) electrons. The fraction of sp³-hybridized carbons (Fsp3) is 0.278. The largest absolute Gasteiger partial charge is 0.345 e. The van der Waals surface area contributed by atoms with E-state index in [9.17, 15) is 9.59 Å². The quantitative estimate of drug-likeness (QED) is 0.818. The van der Waals surface area contributed by atoms with E-state index >= 15 is 0 Å². The average Bonchev–Trinajstić information content (AvgIpc) is 2.57. The van der Waals surface area contributed by atoms with Gasteiger partial charge in [0.05, 0.1) is 0 Å². The van der Waals surface area contributed by atoms with Crippen molar-refractivity contribution in [2.75, 3.05) is 18.9 Å². The molecule has 1 N–H and O–H groups in total. The number of pyridine rings is 1. The van der Waals surface area contributed by atoms with Crippen LogP contribution in [0.1, 0.15) is 17.5 Å². The van der Waals surface area contributed by atoms with Crippen molar-refractivity contribution in [2.45, 2.75) is 19.8 Å². The number of carbonyl (C=O) groups excluding carboxylic acids is 2. The number of anilines is 1. The van der Waals surface area contributed by atoms with E-state index in [-0.39, 0.29) is 18.2 Å². The molecule has 0 saturated carbocycles. The first-order valence-corrected chi connectivity index (χ1v) is 8.03. The van der Waals surface area contributed by atoms with Crippen LogP contribution >= 0.6 is 11.6 Å². The van der Waals surface area contributed by atoms with Gasteiger partial charge in [0.25, 0.3) is 0 Å². The van der Waals surface area contributed by atoms with Crippen molar-refractivity contribution in [3.63, 3.8) is 0 Å². The van der Waals surface area contributed by atoms with E-state index in [1.807, 2.05) is 19.1 Å². The third kappa shape index (κ3) is 5.06. The highest BCUT2D eigenvalue weighted by molar-refractivity contribution is 6.31. The van der Waals surface area contributed by atoms with Gasteiger partial charge in [-0.3, -0.25) is 14.6 Å². The van der Waals surface area contributed by atoms with E-state index in [0.717, 1.165) is 17.5 Å². The van der Waals surface area contributed by atoms with Gasteiger partial charge in [-0.05, 0) is 48.7 Å². The van der Waals surface area contributed by atoms with Crippen LogP contribution in [0.4, 0.5) is 5.69 Å². The van der Waals surface area contributed by atoms with Gasteiger partial charge in [0.15, 0.2) is 0 Å². The summed E-state index contributed by atoms with van der Waals surface area (Å²) in [7, 11) is 1.70. The van der Waals surface area contributed by atoms with Crippen molar-refractivity contribution in [2.24, 2.45) is 0 Å². The Kier molecular flexibility index (Phi) is 6.32. The van der Waals surface area contributed by atoms with Crippen LogP contribution in [-0.4, -0.2) is 35.3 Å². The van der Waals surface area contributed by atoms with E-state index < -0.39 is 0 Å². The molecule has 6 heteroatoms. The van der Waals surface area contributed by atoms with Crippen LogP contribution in [0.5, 0.6) is 0 Å². The van der Waals surface area contributed by atoms with Crippen LogP contribution < -0.4 is 5.32 Å². The molecular formula is C18H20ClN3O2. The average molecular weight is 346 g/mol. The summed E-state index contributed by atoms with van der Waals surface area (Å²) < 4.78 is 0. The molecule has 0 fully saturated rings. The molecule has 1 heterocycles. The monoisotopic (exact) mass is 345 g/mol. The van der Waals surface area contributed by atoms with Gasteiger partial charge < -0.3 is 10.2 Å². The summed E-state index contributed by atoms with van der Waals surface area (Å²) in [5, 5.41) is 3.31. The zero-order valence-corrected chi connectivity index (χ0v) is 14.5. The highest BCUT2D eigenvalue weighted by Gasteiger charge is 2.15. The molecule has 0 aliphatic heterocycles. The van der Waals surface area contributed by atoms with Gasteiger partial charge in [-0.2, -0.15) is 0 Å². The van der Waals surface area contributed by atoms with Crippen LogP contribution in [0.3, 0.4) is 0 Å². The molecule has 0 saturated heterocycles. The van der Waals surface area contributed by atoms with Crippen LogP contribution in [0, 0.1) is 6.92 Å². The fourth-order valence-electron chi connectivity index (χ4n) is 2.18. The maximum Gasteiger partial charge on any atom is 0.233 e. The van der Waals surface area contributed by atoms with Crippen LogP contribution in [0.2, 0.25) is 5.02 Å². The van der Waals surface area contributed by atoms with Gasteiger partial charge in [0.2, 0.25) is 11.8 Å². The number of carbonyl (C=O) groups is 2. The molecule has 5 nitrogen and oxygen atoms in total. The molecule has 1 aromatic carbocycles. The summed E-state index contributed by atoms with van der Waals surface area (Å²) in [5.74, 6) is -0.567. The van der Waals surface area contributed by atoms with Crippen molar-refractivity contribution >= 4 is 29.1 Å². The summed E-state index contributed by atoms with van der Waals surface area (Å²) in [6.45, 7) is 2.37. The van der Waals surface area contributed by atoms with Crippen LogP contribution in [-0.2, 0) is 16.0 Å². The zero-order chi connectivity index (χ0) is 17.5. The Morgan fingerprint density at radius 2 is 1.92 bits per heavy atom. The Balaban J connectivity index is 1.84. The second-order valence-corrected chi connectivity index (χ2v) is 5.97. The van der Waals surface area contributed by atoms with Crippen LogP contribution in [0.15, 0.2) is 42.7 Å². The second-order valence-electron chi connectivity index (χ2n) is 5.56. The molecule has 2 amide bonds. The van der Waals surface area contributed by atoms with E-state index in [1.54, 1.807) is 42.5 Å². The Labute approximate surface area is 146 Å². The summed E-state index contributed by atoms with van der Waals surface area (Å²) in [6, 6.07) is 9.09. The minimum atomic E-state index is -0.346.